The lowest BCUT2D eigenvalue weighted by molar-refractivity contribution is 0.102. The standard InChI is InChI=1S/C22H22N2O2S/c1-22(2,3)16-8-10-17(11-9-16)23-21(26)18-6-4-5-7-19(18)24-20(25)15-12-13-27-14-15/h4-14H,1-3H3,(H,23,26)(H,24,25). The van der Waals surface area contributed by atoms with Crippen molar-refractivity contribution in [3.05, 3.63) is 82.0 Å². The van der Waals surface area contributed by atoms with Crippen molar-refractivity contribution in [3.63, 3.8) is 0 Å². The van der Waals surface area contributed by atoms with E-state index < -0.39 is 0 Å². The average molecular weight is 378 g/mol. The summed E-state index contributed by atoms with van der Waals surface area (Å²) in [6.07, 6.45) is 0. The predicted molar refractivity (Wildman–Crippen MR) is 112 cm³/mol. The second kappa shape index (κ2) is 7.76. The van der Waals surface area contributed by atoms with E-state index in [1.807, 2.05) is 29.6 Å². The topological polar surface area (TPSA) is 58.2 Å². The number of hydrogen-bond donors (Lipinski definition) is 2. The molecule has 1 heterocycles. The van der Waals surface area contributed by atoms with E-state index in [0.29, 0.717) is 22.5 Å². The van der Waals surface area contributed by atoms with Gasteiger partial charge in [0.15, 0.2) is 0 Å². The lowest BCUT2D eigenvalue weighted by Gasteiger charge is -2.19. The summed E-state index contributed by atoms with van der Waals surface area (Å²) in [5.74, 6) is -0.495. The monoisotopic (exact) mass is 378 g/mol. The van der Waals surface area contributed by atoms with Crippen LogP contribution in [0.1, 0.15) is 47.1 Å². The van der Waals surface area contributed by atoms with Crippen molar-refractivity contribution in [1.29, 1.82) is 0 Å². The molecule has 2 N–H and O–H groups in total. The van der Waals surface area contributed by atoms with E-state index in [9.17, 15) is 9.59 Å². The van der Waals surface area contributed by atoms with Crippen molar-refractivity contribution in [1.82, 2.24) is 0 Å². The number of anilines is 2. The largest absolute Gasteiger partial charge is 0.322 e. The highest BCUT2D eigenvalue weighted by molar-refractivity contribution is 7.08. The summed E-state index contributed by atoms with van der Waals surface area (Å²) in [6, 6.07) is 16.6. The molecule has 0 radical (unpaired) electrons. The quantitative estimate of drug-likeness (QED) is 0.625. The van der Waals surface area contributed by atoms with Gasteiger partial charge in [-0.05, 0) is 46.7 Å². The van der Waals surface area contributed by atoms with Gasteiger partial charge < -0.3 is 10.6 Å². The van der Waals surface area contributed by atoms with E-state index in [2.05, 4.69) is 31.4 Å². The molecular formula is C22H22N2O2S. The van der Waals surface area contributed by atoms with Crippen LogP contribution in [0.25, 0.3) is 0 Å². The van der Waals surface area contributed by atoms with Crippen molar-refractivity contribution in [2.75, 3.05) is 10.6 Å². The van der Waals surface area contributed by atoms with Crippen LogP contribution in [-0.2, 0) is 5.41 Å². The molecule has 2 aromatic carbocycles. The molecule has 0 atom stereocenters. The fourth-order valence-corrected chi connectivity index (χ4v) is 3.27. The second-order valence-electron chi connectivity index (χ2n) is 7.29. The van der Waals surface area contributed by atoms with Crippen LogP contribution in [0.15, 0.2) is 65.4 Å². The third kappa shape index (κ3) is 4.63. The molecule has 0 aliphatic carbocycles. The van der Waals surface area contributed by atoms with Crippen molar-refractivity contribution in [2.24, 2.45) is 0 Å². The van der Waals surface area contributed by atoms with Gasteiger partial charge in [0.2, 0.25) is 0 Å². The normalized spacial score (nSPS) is 11.1. The van der Waals surface area contributed by atoms with Crippen molar-refractivity contribution in [2.45, 2.75) is 26.2 Å². The summed E-state index contributed by atoms with van der Waals surface area (Å²) in [5, 5.41) is 9.33. The van der Waals surface area contributed by atoms with Crippen molar-refractivity contribution >= 4 is 34.5 Å². The first-order chi connectivity index (χ1) is 12.8. The Kier molecular flexibility index (Phi) is 5.42. The van der Waals surface area contributed by atoms with E-state index in [-0.39, 0.29) is 17.2 Å². The molecule has 4 nitrogen and oxygen atoms in total. The molecule has 2 amide bonds. The molecule has 0 spiro atoms. The fourth-order valence-electron chi connectivity index (χ4n) is 2.63. The number of amides is 2. The van der Waals surface area contributed by atoms with Gasteiger partial charge >= 0.3 is 0 Å². The van der Waals surface area contributed by atoms with Crippen molar-refractivity contribution in [3.8, 4) is 0 Å². The number of hydrogen-bond acceptors (Lipinski definition) is 3. The van der Waals surface area contributed by atoms with Gasteiger partial charge in [0.25, 0.3) is 11.8 Å². The first kappa shape index (κ1) is 18.9. The molecule has 0 saturated heterocycles. The van der Waals surface area contributed by atoms with Gasteiger partial charge in [0.05, 0.1) is 16.8 Å². The van der Waals surface area contributed by atoms with Crippen molar-refractivity contribution < 1.29 is 9.59 Å². The molecule has 5 heteroatoms. The van der Waals surface area contributed by atoms with Gasteiger partial charge in [-0.2, -0.15) is 11.3 Å². The number of carbonyl (C=O) groups is 2. The summed E-state index contributed by atoms with van der Waals surface area (Å²) in [7, 11) is 0. The molecule has 0 aliphatic heterocycles. The molecule has 0 unspecified atom stereocenters. The Morgan fingerprint density at radius 3 is 2.19 bits per heavy atom. The average Bonchev–Trinajstić information content (AvgIpc) is 3.16. The first-order valence-corrected chi connectivity index (χ1v) is 9.63. The Morgan fingerprint density at radius 1 is 0.852 bits per heavy atom. The van der Waals surface area contributed by atoms with Crippen LogP contribution < -0.4 is 10.6 Å². The second-order valence-corrected chi connectivity index (χ2v) is 8.07. The molecule has 3 rings (SSSR count). The molecule has 27 heavy (non-hydrogen) atoms. The van der Waals surface area contributed by atoms with Crippen LogP contribution in [0.2, 0.25) is 0 Å². The van der Waals surface area contributed by atoms with Gasteiger partial charge in [-0.15, -0.1) is 0 Å². The maximum atomic E-state index is 12.7. The van der Waals surface area contributed by atoms with E-state index in [1.165, 1.54) is 16.9 Å². The Hall–Kier alpha value is -2.92. The maximum absolute atomic E-state index is 12.7. The fraction of sp³-hybridized carbons (Fsp3) is 0.182. The van der Waals surface area contributed by atoms with E-state index >= 15 is 0 Å². The van der Waals surface area contributed by atoms with Crippen LogP contribution in [0, 0.1) is 0 Å². The zero-order chi connectivity index (χ0) is 19.4. The zero-order valence-electron chi connectivity index (χ0n) is 15.6. The predicted octanol–water partition coefficient (Wildman–Crippen LogP) is 5.55. The highest BCUT2D eigenvalue weighted by atomic mass is 32.1. The van der Waals surface area contributed by atoms with Crippen LogP contribution in [0.4, 0.5) is 11.4 Å². The smallest absolute Gasteiger partial charge is 0.257 e. The number of thiophene rings is 1. The third-order valence-corrected chi connectivity index (χ3v) is 4.90. The number of para-hydroxylation sites is 1. The lowest BCUT2D eigenvalue weighted by Crippen LogP contribution is -2.18. The number of carbonyl (C=O) groups excluding carboxylic acids is 2. The van der Waals surface area contributed by atoms with Crippen LogP contribution >= 0.6 is 11.3 Å². The molecule has 0 bridgehead atoms. The van der Waals surface area contributed by atoms with Crippen LogP contribution in [-0.4, -0.2) is 11.8 Å². The minimum absolute atomic E-state index is 0.0566. The van der Waals surface area contributed by atoms with Gasteiger partial charge in [0.1, 0.15) is 0 Å². The molecule has 0 saturated carbocycles. The minimum atomic E-state index is -0.264. The highest BCUT2D eigenvalue weighted by Crippen LogP contribution is 2.24. The van der Waals surface area contributed by atoms with Gasteiger partial charge in [-0.1, -0.05) is 45.0 Å². The summed E-state index contributed by atoms with van der Waals surface area (Å²) in [6.45, 7) is 6.44. The van der Waals surface area contributed by atoms with Gasteiger partial charge in [-0.3, -0.25) is 9.59 Å². The Balaban J connectivity index is 1.76. The highest BCUT2D eigenvalue weighted by Gasteiger charge is 2.16. The SMILES string of the molecule is CC(C)(C)c1ccc(NC(=O)c2ccccc2NC(=O)c2ccsc2)cc1. The summed E-state index contributed by atoms with van der Waals surface area (Å²) in [4.78, 5) is 25.0. The Labute approximate surface area is 163 Å². The molecular weight excluding hydrogens is 356 g/mol. The molecule has 138 valence electrons. The van der Waals surface area contributed by atoms with E-state index in [4.69, 9.17) is 0 Å². The van der Waals surface area contributed by atoms with Crippen LogP contribution in [0.3, 0.4) is 0 Å². The van der Waals surface area contributed by atoms with Gasteiger partial charge in [0, 0.05) is 11.1 Å². The Morgan fingerprint density at radius 2 is 1.56 bits per heavy atom. The number of rotatable bonds is 4. The molecule has 1 aromatic heterocycles. The van der Waals surface area contributed by atoms with E-state index in [1.54, 1.807) is 35.7 Å². The Bertz CT molecular complexity index is 939. The molecule has 3 aromatic rings. The number of benzene rings is 2. The summed E-state index contributed by atoms with van der Waals surface area (Å²) >= 11 is 1.45. The number of nitrogens with one attached hydrogen (secondary N) is 2. The van der Waals surface area contributed by atoms with Gasteiger partial charge in [-0.25, -0.2) is 0 Å². The lowest BCUT2D eigenvalue weighted by atomic mass is 9.87. The van der Waals surface area contributed by atoms with Crippen LogP contribution in [0.5, 0.6) is 0 Å². The first-order valence-electron chi connectivity index (χ1n) is 8.69. The third-order valence-electron chi connectivity index (χ3n) is 4.21. The summed E-state index contributed by atoms with van der Waals surface area (Å²) < 4.78 is 0. The molecule has 0 aliphatic rings. The summed E-state index contributed by atoms with van der Waals surface area (Å²) in [5.41, 5.74) is 3.45. The zero-order valence-corrected chi connectivity index (χ0v) is 16.4. The van der Waals surface area contributed by atoms with E-state index in [0.717, 1.165) is 0 Å². The molecule has 0 fully saturated rings. The minimum Gasteiger partial charge on any atom is -0.322 e. The maximum Gasteiger partial charge on any atom is 0.257 e.